The Morgan fingerprint density at radius 3 is 2.27 bits per heavy atom. The third-order valence-electron chi connectivity index (χ3n) is 5.01. The van der Waals surface area contributed by atoms with Crippen LogP contribution in [-0.4, -0.2) is 32.4 Å². The molecule has 0 aromatic heterocycles. The highest BCUT2D eigenvalue weighted by atomic mass is 32.2. The first-order valence-corrected chi connectivity index (χ1v) is 10.1. The van der Waals surface area contributed by atoms with Gasteiger partial charge in [-0.3, -0.25) is 0 Å². The van der Waals surface area contributed by atoms with Crippen LogP contribution in [0, 0.1) is 18.2 Å². The normalized spacial score (nSPS) is 25.0. The van der Waals surface area contributed by atoms with Crippen LogP contribution in [0.15, 0.2) is 53.4 Å². The van der Waals surface area contributed by atoms with E-state index in [1.165, 1.54) is 19.2 Å². The standard InChI is InChI=1S/C19H20FNO3S2/c1-12-3-9-15(10-4-12)26(22,23)17-16(13-5-7-14(20)8-6-13)19(17,11-24-2)18(21)25/h3-10,16-17H,11H2,1-2H3,(H2,21,25)/t16-,17-,19+/m0/s1. The lowest BCUT2D eigenvalue weighted by Crippen LogP contribution is -2.33. The molecule has 2 aromatic rings. The molecule has 0 radical (unpaired) electrons. The number of halogens is 1. The number of ether oxygens (including phenoxy) is 1. The van der Waals surface area contributed by atoms with Gasteiger partial charge in [0.25, 0.3) is 0 Å². The second-order valence-electron chi connectivity index (χ2n) is 6.65. The molecule has 0 amide bonds. The van der Waals surface area contributed by atoms with Crippen LogP contribution in [0.1, 0.15) is 17.0 Å². The van der Waals surface area contributed by atoms with E-state index in [2.05, 4.69) is 0 Å². The zero-order chi connectivity index (χ0) is 19.1. The van der Waals surface area contributed by atoms with E-state index in [0.29, 0.717) is 5.56 Å². The fraction of sp³-hybridized carbons (Fsp3) is 0.316. The number of sulfone groups is 1. The molecule has 0 saturated heterocycles. The average molecular weight is 394 g/mol. The Morgan fingerprint density at radius 2 is 1.77 bits per heavy atom. The Hall–Kier alpha value is -1.83. The van der Waals surface area contributed by atoms with Crippen LogP contribution in [-0.2, 0) is 14.6 Å². The summed E-state index contributed by atoms with van der Waals surface area (Å²) in [4.78, 5) is 0.309. The highest BCUT2D eigenvalue weighted by Gasteiger charge is 2.73. The highest BCUT2D eigenvalue weighted by molar-refractivity contribution is 7.92. The van der Waals surface area contributed by atoms with Crippen LogP contribution in [0.4, 0.5) is 4.39 Å². The van der Waals surface area contributed by atoms with Crippen molar-refractivity contribution >= 4 is 27.0 Å². The molecule has 2 N–H and O–H groups in total. The molecule has 1 fully saturated rings. The molecule has 0 spiro atoms. The second kappa shape index (κ2) is 6.72. The maximum absolute atomic E-state index is 13.3. The number of hydrogen-bond acceptors (Lipinski definition) is 4. The van der Waals surface area contributed by atoms with Crippen LogP contribution in [0.2, 0.25) is 0 Å². The molecule has 1 saturated carbocycles. The lowest BCUT2D eigenvalue weighted by Gasteiger charge is -2.16. The number of benzene rings is 2. The van der Waals surface area contributed by atoms with E-state index in [-0.39, 0.29) is 22.3 Å². The largest absolute Gasteiger partial charge is 0.393 e. The molecule has 0 unspecified atom stereocenters. The van der Waals surface area contributed by atoms with Crippen LogP contribution in [0.3, 0.4) is 0 Å². The van der Waals surface area contributed by atoms with Crippen molar-refractivity contribution in [3.05, 3.63) is 65.5 Å². The molecule has 0 bridgehead atoms. The third kappa shape index (κ3) is 2.94. The van der Waals surface area contributed by atoms with Crippen molar-refractivity contribution in [1.29, 1.82) is 0 Å². The van der Waals surface area contributed by atoms with E-state index in [1.807, 2.05) is 6.92 Å². The average Bonchev–Trinajstić information content (AvgIpc) is 3.27. The first kappa shape index (κ1) is 18.9. The van der Waals surface area contributed by atoms with Crippen LogP contribution >= 0.6 is 12.2 Å². The zero-order valence-electron chi connectivity index (χ0n) is 14.5. The number of thiocarbonyl (C=S) groups is 1. The Morgan fingerprint density at radius 1 is 1.19 bits per heavy atom. The lowest BCUT2D eigenvalue weighted by molar-refractivity contribution is 0.166. The number of aryl methyl sites for hydroxylation is 1. The molecule has 1 aliphatic carbocycles. The predicted molar refractivity (Wildman–Crippen MR) is 102 cm³/mol. The molecule has 3 rings (SSSR count). The molecule has 7 heteroatoms. The van der Waals surface area contributed by atoms with Gasteiger partial charge in [0.2, 0.25) is 0 Å². The SMILES string of the molecule is COC[C@@]1(C(N)=S)[C@@H](c2ccc(F)cc2)[C@@H]1S(=O)(=O)c1ccc(C)cc1. The van der Waals surface area contributed by atoms with Crippen molar-refractivity contribution in [2.75, 3.05) is 13.7 Å². The van der Waals surface area contributed by atoms with Gasteiger partial charge in [0.05, 0.1) is 27.2 Å². The van der Waals surface area contributed by atoms with Crippen LogP contribution in [0.25, 0.3) is 0 Å². The van der Waals surface area contributed by atoms with E-state index in [9.17, 15) is 12.8 Å². The van der Waals surface area contributed by atoms with Gasteiger partial charge in [-0.25, -0.2) is 12.8 Å². The summed E-state index contributed by atoms with van der Waals surface area (Å²) in [6.45, 7) is 1.97. The summed E-state index contributed by atoms with van der Waals surface area (Å²) < 4.78 is 45.2. The summed E-state index contributed by atoms with van der Waals surface area (Å²) in [5, 5.41) is -0.847. The topological polar surface area (TPSA) is 69.4 Å². The van der Waals surface area contributed by atoms with Gasteiger partial charge in [0, 0.05) is 13.0 Å². The minimum Gasteiger partial charge on any atom is -0.393 e. The Balaban J connectivity index is 2.11. The summed E-state index contributed by atoms with van der Waals surface area (Å²) in [6.07, 6.45) is 0. The molecule has 4 nitrogen and oxygen atoms in total. The minimum absolute atomic E-state index is 0.0835. The third-order valence-corrected chi connectivity index (χ3v) is 7.68. The quantitative estimate of drug-likeness (QED) is 0.764. The molecule has 3 atom stereocenters. The number of hydrogen-bond donors (Lipinski definition) is 1. The van der Waals surface area contributed by atoms with Crippen molar-refractivity contribution in [2.45, 2.75) is 23.0 Å². The number of nitrogens with two attached hydrogens (primary N) is 1. The van der Waals surface area contributed by atoms with Gasteiger partial charge in [-0.05, 0) is 36.8 Å². The fourth-order valence-electron chi connectivity index (χ4n) is 3.65. The van der Waals surface area contributed by atoms with Crippen molar-refractivity contribution in [1.82, 2.24) is 0 Å². The van der Waals surface area contributed by atoms with Gasteiger partial charge in [-0.15, -0.1) is 0 Å². The van der Waals surface area contributed by atoms with E-state index >= 15 is 0 Å². The van der Waals surface area contributed by atoms with Crippen molar-refractivity contribution < 1.29 is 17.5 Å². The summed E-state index contributed by atoms with van der Waals surface area (Å²) >= 11 is 5.24. The Kier molecular flexibility index (Phi) is 4.90. The molecule has 26 heavy (non-hydrogen) atoms. The second-order valence-corrected chi connectivity index (χ2v) is 9.15. The fourth-order valence-corrected chi connectivity index (χ4v) is 6.42. The molecular formula is C19H20FNO3S2. The van der Waals surface area contributed by atoms with E-state index in [1.54, 1.807) is 36.4 Å². The maximum Gasteiger partial charge on any atom is 0.182 e. The van der Waals surface area contributed by atoms with Gasteiger partial charge in [0.15, 0.2) is 9.84 Å². The minimum atomic E-state index is -3.71. The van der Waals surface area contributed by atoms with Crippen molar-refractivity contribution in [3.8, 4) is 0 Å². The monoisotopic (exact) mass is 393 g/mol. The van der Waals surface area contributed by atoms with Gasteiger partial charge < -0.3 is 10.5 Å². The van der Waals surface area contributed by atoms with E-state index in [0.717, 1.165) is 5.56 Å². The molecule has 0 heterocycles. The molecule has 138 valence electrons. The zero-order valence-corrected chi connectivity index (χ0v) is 16.1. The van der Waals surface area contributed by atoms with Crippen LogP contribution < -0.4 is 5.73 Å². The van der Waals surface area contributed by atoms with E-state index in [4.69, 9.17) is 22.7 Å². The first-order chi connectivity index (χ1) is 12.2. The maximum atomic E-state index is 13.3. The Labute approximate surface area is 158 Å². The van der Waals surface area contributed by atoms with Crippen molar-refractivity contribution in [3.63, 3.8) is 0 Å². The summed E-state index contributed by atoms with van der Waals surface area (Å²) in [5.41, 5.74) is 6.61. The van der Waals surface area contributed by atoms with Gasteiger partial charge in [-0.1, -0.05) is 42.0 Å². The highest BCUT2D eigenvalue weighted by Crippen LogP contribution is 2.64. The van der Waals surface area contributed by atoms with Crippen LogP contribution in [0.5, 0.6) is 0 Å². The molecule has 0 aliphatic heterocycles. The smallest absolute Gasteiger partial charge is 0.182 e. The Bertz CT molecular complexity index is 926. The summed E-state index contributed by atoms with van der Waals surface area (Å²) in [7, 11) is -2.22. The number of rotatable bonds is 6. The van der Waals surface area contributed by atoms with Gasteiger partial charge >= 0.3 is 0 Å². The van der Waals surface area contributed by atoms with E-state index < -0.39 is 26.4 Å². The first-order valence-electron chi connectivity index (χ1n) is 8.10. The molecular weight excluding hydrogens is 373 g/mol. The van der Waals surface area contributed by atoms with Gasteiger partial charge in [-0.2, -0.15) is 0 Å². The lowest BCUT2D eigenvalue weighted by atomic mass is 10.00. The summed E-state index contributed by atoms with van der Waals surface area (Å²) in [5.74, 6) is -0.869. The molecule has 2 aromatic carbocycles. The molecule has 1 aliphatic rings. The predicted octanol–water partition coefficient (Wildman–Crippen LogP) is 2.99. The summed E-state index contributed by atoms with van der Waals surface area (Å²) in [6, 6.07) is 12.4. The van der Waals surface area contributed by atoms with Crippen molar-refractivity contribution in [2.24, 2.45) is 11.1 Å². The number of methoxy groups -OCH3 is 1. The van der Waals surface area contributed by atoms with Gasteiger partial charge in [0.1, 0.15) is 5.82 Å².